The van der Waals surface area contributed by atoms with Crippen LogP contribution in [0.5, 0.6) is 5.88 Å². The third-order valence-electron chi connectivity index (χ3n) is 18.8. The summed E-state index contributed by atoms with van der Waals surface area (Å²) in [6.45, 7) is 23.5. The minimum absolute atomic E-state index is 0.0108. The van der Waals surface area contributed by atoms with Crippen molar-refractivity contribution in [3.8, 4) is 5.88 Å². The summed E-state index contributed by atoms with van der Waals surface area (Å²) in [6, 6.07) is 0. The number of carboxylic acids is 1. The average molecular weight is 817 g/mol. The van der Waals surface area contributed by atoms with Crippen LogP contribution in [0.25, 0.3) is 0 Å². The lowest BCUT2D eigenvalue weighted by Gasteiger charge is -2.72. The molecular weight excluding hydrogens is 745 g/mol. The van der Waals surface area contributed by atoms with Gasteiger partial charge in [0.1, 0.15) is 0 Å². The molecule has 0 spiro atoms. The maximum Gasteiger partial charge on any atom is 0.310 e. The molecule has 58 heavy (non-hydrogen) atoms. The van der Waals surface area contributed by atoms with E-state index in [1.165, 1.54) is 68.1 Å². The number of hydrogen-bond donors (Lipinski definition) is 2. The number of carbonyl (C=O) groups is 1. The van der Waals surface area contributed by atoms with Crippen molar-refractivity contribution in [1.82, 2.24) is 20.2 Å². The lowest BCUT2D eigenvalue weighted by atomic mass is 9.33. The van der Waals surface area contributed by atoms with Crippen molar-refractivity contribution >= 4 is 15.8 Å². The van der Waals surface area contributed by atoms with Gasteiger partial charge in [-0.1, -0.05) is 58.9 Å². The van der Waals surface area contributed by atoms with Gasteiger partial charge in [0.05, 0.1) is 29.7 Å². The molecule has 1 aromatic rings. The second-order valence-electron chi connectivity index (χ2n) is 21.5. The third kappa shape index (κ3) is 6.85. The van der Waals surface area contributed by atoms with Crippen LogP contribution in [0.1, 0.15) is 125 Å². The Morgan fingerprint density at radius 1 is 0.948 bits per heavy atom. The molecule has 0 radical (unpaired) electrons. The van der Waals surface area contributed by atoms with Crippen molar-refractivity contribution in [3.63, 3.8) is 0 Å². The van der Waals surface area contributed by atoms with Crippen LogP contribution in [-0.4, -0.2) is 84.2 Å². The van der Waals surface area contributed by atoms with Crippen LogP contribution < -0.4 is 10.1 Å². The number of aliphatic carboxylic acids is 1. The smallest absolute Gasteiger partial charge is 0.310 e. The van der Waals surface area contributed by atoms with Gasteiger partial charge in [0.2, 0.25) is 5.88 Å². The van der Waals surface area contributed by atoms with Gasteiger partial charge in [0, 0.05) is 44.1 Å². The van der Waals surface area contributed by atoms with Gasteiger partial charge in [-0.2, -0.15) is 0 Å². The third-order valence-corrected chi connectivity index (χ3v) is 20.4. The Hall–Kier alpha value is -2.56. The first-order valence-electron chi connectivity index (χ1n) is 22.8. The summed E-state index contributed by atoms with van der Waals surface area (Å²) in [4.78, 5) is 23.4. The molecule has 8 rings (SSSR count). The highest BCUT2D eigenvalue weighted by molar-refractivity contribution is 7.91. The average Bonchev–Trinajstić information content (AvgIpc) is 3.56. The van der Waals surface area contributed by atoms with E-state index in [1.54, 1.807) is 18.6 Å². The highest BCUT2D eigenvalue weighted by atomic mass is 32.2. The SMILES string of the molecule is C=C(C)C1CC[C@]2(NCCN3CCS(=O)(=O)CC3)CC[C@]3(C)[C@H](CC[C@@H]4[C@@]5(C)CC=C(C6=CCC(CCOc7cnccn7)(C(=O)O)CC6)C(C)(C)[C@@H]5CC[C@]43C)[C@@H]12. The van der Waals surface area contributed by atoms with Gasteiger partial charge in [-0.05, 0) is 153 Å². The van der Waals surface area contributed by atoms with Crippen LogP contribution >= 0.6 is 0 Å². The van der Waals surface area contributed by atoms with Gasteiger partial charge in [0.15, 0.2) is 9.84 Å². The van der Waals surface area contributed by atoms with E-state index >= 15 is 0 Å². The monoisotopic (exact) mass is 817 g/mol. The summed E-state index contributed by atoms with van der Waals surface area (Å²) < 4.78 is 30.0. The predicted molar refractivity (Wildman–Crippen MR) is 230 cm³/mol. The number of ether oxygens (including phenoxy) is 1. The number of hydrogen-bond acceptors (Lipinski definition) is 8. The Balaban J connectivity index is 0.995. The molecule has 320 valence electrons. The quantitative estimate of drug-likeness (QED) is 0.211. The first-order valence-corrected chi connectivity index (χ1v) is 24.6. The van der Waals surface area contributed by atoms with Gasteiger partial charge in [-0.25, -0.2) is 13.4 Å². The predicted octanol–water partition coefficient (Wildman–Crippen LogP) is 8.69. The Labute approximate surface area is 349 Å². The van der Waals surface area contributed by atoms with Crippen molar-refractivity contribution in [3.05, 3.63) is 54.0 Å². The molecule has 2 N–H and O–H groups in total. The zero-order valence-electron chi connectivity index (χ0n) is 36.5. The molecule has 7 aliphatic rings. The molecule has 10 atom stereocenters. The van der Waals surface area contributed by atoms with Gasteiger partial charge < -0.3 is 20.1 Å². The minimum Gasteiger partial charge on any atom is -0.481 e. The molecule has 1 aliphatic heterocycles. The molecule has 2 heterocycles. The second kappa shape index (κ2) is 15.1. The highest BCUT2D eigenvalue weighted by Gasteiger charge is 2.70. The number of sulfone groups is 1. The first-order chi connectivity index (χ1) is 27.4. The molecule has 0 aromatic carbocycles. The van der Waals surface area contributed by atoms with Gasteiger partial charge >= 0.3 is 5.97 Å². The number of allylic oxidation sites excluding steroid dienone is 5. The van der Waals surface area contributed by atoms with E-state index in [-0.39, 0.29) is 27.2 Å². The number of rotatable bonds is 11. The summed E-state index contributed by atoms with van der Waals surface area (Å²) in [7, 11) is -2.87. The fourth-order valence-electron chi connectivity index (χ4n) is 15.4. The minimum atomic E-state index is -2.87. The van der Waals surface area contributed by atoms with Crippen LogP contribution in [0, 0.1) is 56.7 Å². The van der Waals surface area contributed by atoms with Crippen LogP contribution in [0.4, 0.5) is 0 Å². The van der Waals surface area contributed by atoms with Gasteiger partial charge in [-0.3, -0.25) is 9.78 Å². The standard InChI is InChI=1S/C48H72N4O5S/c1-33(2)35-12-19-48(51-25-26-52-27-30-58(55,56)31-28-52)21-20-45(6)37(41(35)48)8-9-39-44(5)15-13-36(43(3,4)38(44)14-16-46(39,45)7)34-10-17-47(18-11-34,42(53)54)22-29-57-40-32-49-23-24-50-40/h10,13,23-24,32,35,37-39,41,51H,1,8-9,11-12,14-22,25-31H2,2-7H3,(H,53,54)/t35?,37-,38+,39-,41-,44+,45-,46-,47?,48+/m1/s1. The van der Waals surface area contributed by atoms with E-state index < -0.39 is 21.2 Å². The molecule has 4 saturated carbocycles. The van der Waals surface area contributed by atoms with Gasteiger partial charge in [-0.15, -0.1) is 0 Å². The lowest BCUT2D eigenvalue weighted by Crippen LogP contribution is -2.68. The first kappa shape index (κ1) is 42.1. The summed E-state index contributed by atoms with van der Waals surface area (Å²) in [5.74, 6) is 3.34. The fraction of sp³-hybridized carbons (Fsp3) is 0.771. The van der Waals surface area contributed by atoms with Crippen LogP contribution in [0.3, 0.4) is 0 Å². The molecule has 9 nitrogen and oxygen atoms in total. The van der Waals surface area contributed by atoms with E-state index in [2.05, 4.69) is 80.5 Å². The largest absolute Gasteiger partial charge is 0.481 e. The molecule has 0 amide bonds. The van der Waals surface area contributed by atoms with Crippen molar-refractivity contribution in [2.45, 2.75) is 131 Å². The number of fused-ring (bicyclic) bond motifs is 7. The summed E-state index contributed by atoms with van der Waals surface area (Å²) >= 11 is 0. The van der Waals surface area contributed by atoms with E-state index in [9.17, 15) is 18.3 Å². The van der Waals surface area contributed by atoms with E-state index in [4.69, 9.17) is 4.74 Å². The maximum atomic E-state index is 12.7. The number of aromatic nitrogens is 2. The molecule has 0 bridgehead atoms. The lowest BCUT2D eigenvalue weighted by molar-refractivity contribution is -0.221. The zero-order valence-corrected chi connectivity index (χ0v) is 37.3. The van der Waals surface area contributed by atoms with Crippen LogP contribution in [0.2, 0.25) is 0 Å². The van der Waals surface area contributed by atoms with Crippen molar-refractivity contribution in [2.75, 3.05) is 44.3 Å². The zero-order chi connectivity index (χ0) is 41.4. The number of nitrogens with one attached hydrogen (secondary N) is 1. The van der Waals surface area contributed by atoms with E-state index in [1.807, 2.05) is 0 Å². The van der Waals surface area contributed by atoms with Crippen LogP contribution in [0.15, 0.2) is 54.0 Å². The second-order valence-corrected chi connectivity index (χ2v) is 23.8. The van der Waals surface area contributed by atoms with E-state index in [0.29, 0.717) is 85.9 Å². The Morgan fingerprint density at radius 2 is 1.72 bits per heavy atom. The fourth-order valence-corrected chi connectivity index (χ4v) is 16.7. The molecule has 1 aromatic heterocycles. The summed E-state index contributed by atoms with van der Waals surface area (Å²) in [5.41, 5.74) is 4.27. The van der Waals surface area contributed by atoms with Gasteiger partial charge in [0.25, 0.3) is 0 Å². The maximum absolute atomic E-state index is 12.7. The van der Waals surface area contributed by atoms with Crippen molar-refractivity contribution in [1.29, 1.82) is 0 Å². The van der Waals surface area contributed by atoms with Crippen molar-refractivity contribution < 1.29 is 23.1 Å². The Morgan fingerprint density at radius 3 is 2.40 bits per heavy atom. The number of nitrogens with zero attached hydrogens (tertiary/aromatic N) is 3. The summed E-state index contributed by atoms with van der Waals surface area (Å²) in [6.07, 6.45) is 23.2. The molecule has 2 unspecified atom stereocenters. The van der Waals surface area contributed by atoms with E-state index in [0.717, 1.165) is 25.9 Å². The normalized spacial score (nSPS) is 41.8. The molecular formula is C48H72N4O5S. The summed E-state index contributed by atoms with van der Waals surface area (Å²) in [5, 5.41) is 14.7. The molecule has 1 saturated heterocycles. The molecule has 5 fully saturated rings. The number of carboxylic acid groups (broad SMARTS) is 1. The highest BCUT2D eigenvalue weighted by Crippen LogP contribution is 2.76. The molecule has 6 aliphatic carbocycles. The molecule has 10 heteroatoms. The Bertz CT molecular complexity index is 1920. The topological polar surface area (TPSA) is 122 Å². The van der Waals surface area contributed by atoms with Crippen LogP contribution in [-0.2, 0) is 14.6 Å². The van der Waals surface area contributed by atoms with Crippen molar-refractivity contribution in [2.24, 2.45) is 56.7 Å². The Kier molecular flexibility index (Phi) is 11.0.